The first-order chi connectivity index (χ1) is 14.0. The van der Waals surface area contributed by atoms with Crippen molar-refractivity contribution in [3.63, 3.8) is 0 Å². The molecule has 2 aromatic heterocycles. The number of aromatic nitrogens is 1. The summed E-state index contributed by atoms with van der Waals surface area (Å²) in [5, 5.41) is 10.1. The van der Waals surface area contributed by atoms with Crippen molar-refractivity contribution in [2.24, 2.45) is 0 Å². The number of carboxylic acids is 1. The molecular formula is C21H16FNO5S. The topological polar surface area (TPSA) is 73.8 Å². The summed E-state index contributed by atoms with van der Waals surface area (Å²) in [7, 11) is 1.43. The van der Waals surface area contributed by atoms with Gasteiger partial charge in [-0.15, -0.1) is 0 Å². The summed E-state index contributed by atoms with van der Waals surface area (Å²) in [6.45, 7) is 0.462. The fourth-order valence-electron chi connectivity index (χ4n) is 3.11. The molecule has 2 aromatic carbocycles. The molecule has 1 N–H and O–H groups in total. The average molecular weight is 413 g/mol. The Balaban J connectivity index is 1.81. The maximum Gasteiger partial charge on any atom is 0.371 e. The molecule has 0 aliphatic heterocycles. The van der Waals surface area contributed by atoms with Gasteiger partial charge in [-0.2, -0.15) is 4.33 Å². The third-order valence-corrected chi connectivity index (χ3v) is 5.04. The monoisotopic (exact) mass is 413 g/mol. The van der Waals surface area contributed by atoms with Crippen LogP contribution in [0.1, 0.15) is 16.1 Å². The van der Waals surface area contributed by atoms with Crippen molar-refractivity contribution in [1.82, 2.24) is 4.57 Å². The lowest BCUT2D eigenvalue weighted by Crippen LogP contribution is -2.01. The highest BCUT2D eigenvalue weighted by atomic mass is 32.2. The molecule has 0 fully saturated rings. The van der Waals surface area contributed by atoms with Gasteiger partial charge in [0.25, 0.3) is 0 Å². The molecular weight excluding hydrogens is 397 g/mol. The van der Waals surface area contributed by atoms with E-state index in [0.717, 1.165) is 33.4 Å². The Morgan fingerprint density at radius 2 is 1.93 bits per heavy atom. The number of carboxylic acid groups (broad SMARTS) is 1. The second-order valence-corrected chi connectivity index (χ2v) is 7.02. The summed E-state index contributed by atoms with van der Waals surface area (Å²) in [4.78, 5) is 16.7. The molecule has 0 saturated carbocycles. The van der Waals surface area contributed by atoms with Gasteiger partial charge in [0, 0.05) is 22.3 Å². The van der Waals surface area contributed by atoms with Gasteiger partial charge >= 0.3 is 5.97 Å². The van der Waals surface area contributed by atoms with Gasteiger partial charge in [-0.3, -0.25) is 0 Å². The first-order valence-electron chi connectivity index (χ1n) is 8.64. The van der Waals surface area contributed by atoms with Gasteiger partial charge in [-0.25, -0.2) is 14.1 Å². The lowest BCUT2D eigenvalue weighted by Gasteiger charge is -2.10. The molecule has 6 nitrogen and oxygen atoms in total. The Kier molecular flexibility index (Phi) is 5.39. The second kappa shape index (κ2) is 8.12. The summed E-state index contributed by atoms with van der Waals surface area (Å²) < 4.78 is 25.7. The fraction of sp³-hybridized carbons (Fsp3) is 0.0952. The Labute approximate surface area is 169 Å². The minimum Gasteiger partial charge on any atom is -0.475 e. The molecule has 4 rings (SSSR count). The summed E-state index contributed by atoms with van der Waals surface area (Å²) in [5.41, 5.74) is 2.53. The lowest BCUT2D eigenvalue weighted by atomic mass is 10.2. The normalized spacial score (nSPS) is 11.2. The number of hydrogen-bond donors (Lipinski definition) is 1. The number of benzene rings is 2. The SMILES string of the molecule is COOSc1ccc2c(c1)cc(-c1ccc(C(=O)O)o1)n2Cc1ccc(F)cc1. The number of halogens is 1. The van der Waals surface area contributed by atoms with Gasteiger partial charge in [0.2, 0.25) is 5.76 Å². The molecule has 0 radical (unpaired) electrons. The van der Waals surface area contributed by atoms with Crippen LogP contribution in [0.25, 0.3) is 22.4 Å². The van der Waals surface area contributed by atoms with Crippen LogP contribution in [0.2, 0.25) is 0 Å². The van der Waals surface area contributed by atoms with Crippen molar-refractivity contribution in [3.05, 3.63) is 77.8 Å². The van der Waals surface area contributed by atoms with E-state index >= 15 is 0 Å². The molecule has 8 heteroatoms. The quantitative estimate of drug-likeness (QED) is 0.249. The summed E-state index contributed by atoms with van der Waals surface area (Å²) in [5.74, 6) is -1.14. The Morgan fingerprint density at radius 1 is 1.14 bits per heavy atom. The van der Waals surface area contributed by atoms with Crippen LogP contribution in [0, 0.1) is 5.82 Å². The zero-order chi connectivity index (χ0) is 20.4. The minimum absolute atomic E-state index is 0.136. The molecule has 29 heavy (non-hydrogen) atoms. The third kappa shape index (κ3) is 4.04. The molecule has 148 valence electrons. The average Bonchev–Trinajstić information content (AvgIpc) is 3.33. The van der Waals surface area contributed by atoms with Crippen LogP contribution in [0.15, 0.2) is 70.0 Å². The predicted molar refractivity (Wildman–Crippen MR) is 106 cm³/mol. The van der Waals surface area contributed by atoms with E-state index in [-0.39, 0.29) is 11.6 Å². The van der Waals surface area contributed by atoms with Crippen molar-refractivity contribution in [1.29, 1.82) is 0 Å². The van der Waals surface area contributed by atoms with E-state index in [4.69, 9.17) is 13.9 Å². The Bertz CT molecular complexity index is 1170. The summed E-state index contributed by atoms with van der Waals surface area (Å²) in [6.07, 6.45) is 0. The highest BCUT2D eigenvalue weighted by Crippen LogP contribution is 2.33. The van der Waals surface area contributed by atoms with E-state index in [9.17, 15) is 9.18 Å². The third-order valence-electron chi connectivity index (χ3n) is 4.39. The number of nitrogens with zero attached hydrogens (tertiary/aromatic N) is 1. The molecule has 4 aromatic rings. The smallest absolute Gasteiger partial charge is 0.371 e. The summed E-state index contributed by atoms with van der Waals surface area (Å²) in [6, 6.07) is 17.0. The number of fused-ring (bicyclic) bond motifs is 1. The van der Waals surface area contributed by atoms with Crippen molar-refractivity contribution in [2.45, 2.75) is 11.4 Å². The molecule has 2 heterocycles. The van der Waals surface area contributed by atoms with Crippen LogP contribution >= 0.6 is 12.0 Å². The van der Waals surface area contributed by atoms with E-state index in [1.807, 2.05) is 28.8 Å². The Morgan fingerprint density at radius 3 is 2.62 bits per heavy atom. The first kappa shape index (κ1) is 19.3. The van der Waals surface area contributed by atoms with Gasteiger partial charge < -0.3 is 14.1 Å². The standard InChI is InChI=1S/C21H16FNO5S/c1-26-28-29-16-6-7-17-14(10-16)11-18(19-8-9-20(27-19)21(24)25)23(17)12-13-2-4-15(22)5-3-13/h2-11H,12H2,1H3,(H,24,25). The van der Waals surface area contributed by atoms with E-state index in [1.165, 1.54) is 25.3 Å². The Hall–Kier alpha value is -3.07. The van der Waals surface area contributed by atoms with Crippen LogP contribution in [0.5, 0.6) is 0 Å². The fourth-order valence-corrected chi connectivity index (χ4v) is 3.56. The van der Waals surface area contributed by atoms with Gasteiger partial charge in [0.05, 0.1) is 24.8 Å². The largest absolute Gasteiger partial charge is 0.475 e. The van der Waals surface area contributed by atoms with Crippen LogP contribution in [-0.2, 0) is 15.8 Å². The number of rotatable bonds is 7. The number of carbonyl (C=O) groups is 1. The van der Waals surface area contributed by atoms with Crippen molar-refractivity contribution < 1.29 is 27.9 Å². The van der Waals surface area contributed by atoms with E-state index in [2.05, 4.69) is 4.89 Å². The molecule has 0 aliphatic carbocycles. The maximum absolute atomic E-state index is 13.3. The molecule has 0 aliphatic rings. The van der Waals surface area contributed by atoms with Crippen LogP contribution < -0.4 is 0 Å². The first-order valence-corrected chi connectivity index (χ1v) is 9.38. The minimum atomic E-state index is -1.13. The maximum atomic E-state index is 13.3. The molecule has 0 bridgehead atoms. The lowest BCUT2D eigenvalue weighted by molar-refractivity contribution is -0.160. The molecule has 0 unspecified atom stereocenters. The predicted octanol–water partition coefficient (Wildman–Crippen LogP) is 5.37. The molecule has 0 saturated heterocycles. The molecule has 0 atom stereocenters. The van der Waals surface area contributed by atoms with Gasteiger partial charge in [0.1, 0.15) is 5.82 Å². The van der Waals surface area contributed by atoms with Crippen molar-refractivity contribution >= 4 is 28.9 Å². The highest BCUT2D eigenvalue weighted by molar-refractivity contribution is 7.94. The highest BCUT2D eigenvalue weighted by Gasteiger charge is 2.17. The van der Waals surface area contributed by atoms with Gasteiger partial charge in [-0.05, 0) is 54.1 Å². The summed E-state index contributed by atoms with van der Waals surface area (Å²) >= 11 is 1.09. The van der Waals surface area contributed by atoms with E-state index in [1.54, 1.807) is 18.2 Å². The van der Waals surface area contributed by atoms with E-state index in [0.29, 0.717) is 18.0 Å². The van der Waals surface area contributed by atoms with Crippen LogP contribution in [0.3, 0.4) is 0 Å². The van der Waals surface area contributed by atoms with Crippen LogP contribution in [0.4, 0.5) is 4.39 Å². The zero-order valence-electron chi connectivity index (χ0n) is 15.3. The van der Waals surface area contributed by atoms with E-state index < -0.39 is 5.97 Å². The second-order valence-electron chi connectivity index (χ2n) is 6.25. The van der Waals surface area contributed by atoms with Crippen molar-refractivity contribution in [2.75, 3.05) is 7.11 Å². The zero-order valence-corrected chi connectivity index (χ0v) is 16.1. The van der Waals surface area contributed by atoms with Crippen LogP contribution in [-0.4, -0.2) is 22.8 Å². The van der Waals surface area contributed by atoms with Crippen molar-refractivity contribution in [3.8, 4) is 11.5 Å². The number of hydrogen-bond acceptors (Lipinski definition) is 5. The van der Waals surface area contributed by atoms with Gasteiger partial charge in [-0.1, -0.05) is 12.1 Å². The number of furan rings is 1. The van der Waals surface area contributed by atoms with Gasteiger partial charge in [0.15, 0.2) is 5.76 Å². The molecule has 0 spiro atoms. The number of aromatic carboxylic acids is 1. The molecule has 0 amide bonds.